The molecule has 1 heterocycles. The quantitative estimate of drug-likeness (QED) is 0.722. The molecule has 0 aliphatic heterocycles. The van der Waals surface area contributed by atoms with Crippen molar-refractivity contribution in [3.05, 3.63) is 22.4 Å². The van der Waals surface area contributed by atoms with Gasteiger partial charge in [0, 0.05) is 18.0 Å². The average molecular weight is 313 g/mol. The van der Waals surface area contributed by atoms with Gasteiger partial charge < -0.3 is 20.6 Å². The van der Waals surface area contributed by atoms with Gasteiger partial charge in [-0.2, -0.15) is 0 Å². The molecule has 2 atom stereocenters. The maximum atomic E-state index is 11.9. The van der Waals surface area contributed by atoms with E-state index in [1.54, 1.807) is 18.3 Å². The topological polar surface area (TPSA) is 64.6 Å². The van der Waals surface area contributed by atoms with Gasteiger partial charge in [0.05, 0.1) is 11.6 Å². The van der Waals surface area contributed by atoms with Crippen molar-refractivity contribution in [2.75, 3.05) is 27.2 Å². The van der Waals surface area contributed by atoms with Gasteiger partial charge in [-0.15, -0.1) is 11.3 Å². The number of thiophene rings is 1. The monoisotopic (exact) mass is 313 g/mol. The van der Waals surface area contributed by atoms with Crippen LogP contribution in [0.25, 0.3) is 0 Å². The maximum Gasteiger partial charge on any atom is 0.314 e. The van der Waals surface area contributed by atoms with Crippen molar-refractivity contribution in [3.63, 3.8) is 0 Å². The van der Waals surface area contributed by atoms with E-state index < -0.39 is 5.60 Å². The lowest BCUT2D eigenvalue weighted by molar-refractivity contribution is 0.0166. The first-order chi connectivity index (χ1) is 9.74. The third kappa shape index (κ3) is 5.65. The SMILES string of the molecule is CC(C)C(C)(O)CNC(=O)NCC(c1cccs1)N(C)C. The Hall–Kier alpha value is -1.11. The second-order valence-corrected chi connectivity index (χ2v) is 7.05. The summed E-state index contributed by atoms with van der Waals surface area (Å²) in [6.45, 7) is 6.36. The van der Waals surface area contributed by atoms with Crippen LogP contribution in [0.3, 0.4) is 0 Å². The van der Waals surface area contributed by atoms with Crippen LogP contribution < -0.4 is 10.6 Å². The van der Waals surface area contributed by atoms with Crippen LogP contribution in [0.15, 0.2) is 17.5 Å². The maximum absolute atomic E-state index is 11.9. The third-order valence-corrected chi connectivity index (χ3v) is 4.78. The highest BCUT2D eigenvalue weighted by atomic mass is 32.1. The van der Waals surface area contributed by atoms with E-state index in [1.807, 2.05) is 39.4 Å². The minimum atomic E-state index is -0.897. The fraction of sp³-hybridized carbons (Fsp3) is 0.667. The van der Waals surface area contributed by atoms with Crippen molar-refractivity contribution in [2.24, 2.45) is 5.92 Å². The summed E-state index contributed by atoms with van der Waals surface area (Å²) in [6.07, 6.45) is 0. The molecular weight excluding hydrogens is 286 g/mol. The van der Waals surface area contributed by atoms with E-state index in [0.29, 0.717) is 6.54 Å². The molecule has 0 aliphatic rings. The molecule has 5 nitrogen and oxygen atoms in total. The number of amides is 2. The summed E-state index contributed by atoms with van der Waals surface area (Å²) in [5.41, 5.74) is -0.897. The van der Waals surface area contributed by atoms with E-state index in [9.17, 15) is 9.90 Å². The van der Waals surface area contributed by atoms with Gasteiger partial charge >= 0.3 is 6.03 Å². The van der Waals surface area contributed by atoms with Crippen LogP contribution in [-0.2, 0) is 0 Å². The molecule has 1 aromatic heterocycles. The van der Waals surface area contributed by atoms with Crippen molar-refractivity contribution in [1.82, 2.24) is 15.5 Å². The molecule has 2 unspecified atom stereocenters. The van der Waals surface area contributed by atoms with Crippen molar-refractivity contribution in [2.45, 2.75) is 32.4 Å². The number of likely N-dealkylation sites (N-methyl/N-ethyl adjacent to an activating group) is 1. The smallest absolute Gasteiger partial charge is 0.314 e. The molecule has 0 radical (unpaired) electrons. The minimum Gasteiger partial charge on any atom is -0.388 e. The molecule has 0 bridgehead atoms. The number of carbonyl (C=O) groups is 1. The molecular formula is C15H27N3O2S. The predicted molar refractivity (Wildman–Crippen MR) is 87.6 cm³/mol. The zero-order valence-electron chi connectivity index (χ0n) is 13.5. The fourth-order valence-corrected chi connectivity index (χ4v) is 2.66. The number of nitrogens with zero attached hydrogens (tertiary/aromatic N) is 1. The Kier molecular flexibility index (Phi) is 6.64. The number of nitrogens with one attached hydrogen (secondary N) is 2. The molecule has 0 saturated heterocycles. The first-order valence-electron chi connectivity index (χ1n) is 7.18. The molecule has 1 rings (SSSR count). The van der Waals surface area contributed by atoms with E-state index in [-0.39, 0.29) is 24.5 Å². The van der Waals surface area contributed by atoms with Gasteiger partial charge in [-0.3, -0.25) is 0 Å². The summed E-state index contributed by atoms with van der Waals surface area (Å²) in [5, 5.41) is 17.7. The van der Waals surface area contributed by atoms with Crippen LogP contribution in [-0.4, -0.2) is 48.8 Å². The van der Waals surface area contributed by atoms with E-state index in [4.69, 9.17) is 0 Å². The molecule has 1 aromatic rings. The zero-order valence-corrected chi connectivity index (χ0v) is 14.3. The van der Waals surface area contributed by atoms with Gasteiger partial charge in [-0.1, -0.05) is 19.9 Å². The lowest BCUT2D eigenvalue weighted by Gasteiger charge is -2.28. The average Bonchev–Trinajstić information content (AvgIpc) is 2.90. The standard InChI is InChI=1S/C15H27N3O2S/c1-11(2)15(3,20)10-17-14(19)16-9-12(18(4)5)13-7-6-8-21-13/h6-8,11-12,20H,9-10H2,1-5H3,(H2,16,17,19). The Bertz CT molecular complexity index is 430. The Labute approximate surface area is 131 Å². The molecule has 120 valence electrons. The fourth-order valence-electron chi connectivity index (χ4n) is 1.73. The van der Waals surface area contributed by atoms with Crippen molar-refractivity contribution >= 4 is 17.4 Å². The van der Waals surface area contributed by atoms with Gasteiger partial charge in [0.2, 0.25) is 0 Å². The summed E-state index contributed by atoms with van der Waals surface area (Å²) >= 11 is 1.68. The Morgan fingerprint density at radius 3 is 2.57 bits per heavy atom. The molecule has 0 aromatic carbocycles. The first-order valence-corrected chi connectivity index (χ1v) is 8.06. The summed E-state index contributed by atoms with van der Waals surface area (Å²) < 4.78 is 0. The predicted octanol–water partition coefficient (Wildman–Crippen LogP) is 2.06. The zero-order chi connectivity index (χ0) is 16.0. The normalized spacial score (nSPS) is 15.8. The van der Waals surface area contributed by atoms with Crippen LogP contribution in [0.5, 0.6) is 0 Å². The van der Waals surface area contributed by atoms with Gasteiger partial charge in [0.1, 0.15) is 0 Å². The van der Waals surface area contributed by atoms with Crippen LogP contribution in [0.4, 0.5) is 4.79 Å². The molecule has 0 spiro atoms. The lowest BCUT2D eigenvalue weighted by atomic mass is 9.93. The number of rotatable bonds is 7. The van der Waals surface area contributed by atoms with Gasteiger partial charge in [0.15, 0.2) is 0 Å². The van der Waals surface area contributed by atoms with Gasteiger partial charge in [-0.25, -0.2) is 4.79 Å². The van der Waals surface area contributed by atoms with Crippen LogP contribution in [0.1, 0.15) is 31.7 Å². The minimum absolute atomic E-state index is 0.0819. The summed E-state index contributed by atoms with van der Waals surface area (Å²) in [6, 6.07) is 3.98. The Balaban J connectivity index is 2.44. The van der Waals surface area contributed by atoms with Gasteiger partial charge in [-0.05, 0) is 38.4 Å². The number of hydrogen-bond acceptors (Lipinski definition) is 4. The highest BCUT2D eigenvalue weighted by Crippen LogP contribution is 2.22. The summed E-state index contributed by atoms with van der Waals surface area (Å²) in [4.78, 5) is 15.2. The second kappa shape index (κ2) is 7.77. The number of carbonyl (C=O) groups excluding carboxylic acids is 1. The summed E-state index contributed by atoms with van der Waals surface area (Å²) in [5.74, 6) is 0.0819. The second-order valence-electron chi connectivity index (χ2n) is 6.07. The molecule has 3 N–H and O–H groups in total. The van der Waals surface area contributed by atoms with Crippen molar-refractivity contribution in [3.8, 4) is 0 Å². The number of hydrogen-bond donors (Lipinski definition) is 3. The van der Waals surface area contributed by atoms with E-state index in [2.05, 4.69) is 21.6 Å². The number of aliphatic hydroxyl groups is 1. The Morgan fingerprint density at radius 1 is 1.43 bits per heavy atom. The molecule has 21 heavy (non-hydrogen) atoms. The van der Waals surface area contributed by atoms with Crippen molar-refractivity contribution in [1.29, 1.82) is 0 Å². The summed E-state index contributed by atoms with van der Waals surface area (Å²) in [7, 11) is 3.99. The van der Waals surface area contributed by atoms with E-state index >= 15 is 0 Å². The molecule has 6 heteroatoms. The first kappa shape index (κ1) is 17.9. The van der Waals surface area contributed by atoms with Crippen molar-refractivity contribution < 1.29 is 9.90 Å². The lowest BCUT2D eigenvalue weighted by Crippen LogP contribution is -2.48. The molecule has 0 aliphatic carbocycles. The number of urea groups is 1. The molecule has 0 saturated carbocycles. The Morgan fingerprint density at radius 2 is 2.10 bits per heavy atom. The molecule has 2 amide bonds. The van der Waals surface area contributed by atoms with Crippen LogP contribution in [0, 0.1) is 5.92 Å². The molecule has 0 fully saturated rings. The van der Waals surface area contributed by atoms with Crippen LogP contribution in [0.2, 0.25) is 0 Å². The highest BCUT2D eigenvalue weighted by molar-refractivity contribution is 7.10. The van der Waals surface area contributed by atoms with E-state index in [1.165, 1.54) is 4.88 Å². The third-order valence-electron chi connectivity index (χ3n) is 3.80. The highest BCUT2D eigenvalue weighted by Gasteiger charge is 2.25. The largest absolute Gasteiger partial charge is 0.388 e. The van der Waals surface area contributed by atoms with E-state index in [0.717, 1.165) is 0 Å². The van der Waals surface area contributed by atoms with Gasteiger partial charge in [0.25, 0.3) is 0 Å². The van der Waals surface area contributed by atoms with Crippen LogP contribution >= 0.6 is 11.3 Å².